The van der Waals surface area contributed by atoms with Crippen molar-refractivity contribution in [3.63, 3.8) is 0 Å². The molecule has 6 nitrogen and oxygen atoms in total. The van der Waals surface area contributed by atoms with E-state index in [-0.39, 0.29) is 52.8 Å². The first kappa shape index (κ1) is 26.4. The second kappa shape index (κ2) is 9.32. The van der Waals surface area contributed by atoms with Crippen molar-refractivity contribution >= 4 is 5.97 Å². The predicted octanol–water partition coefficient (Wildman–Crippen LogP) is 3.39. The summed E-state index contributed by atoms with van der Waals surface area (Å²) in [6, 6.07) is 0. The SMILES string of the molecule is CC(C)[C@@H](C)[C@@H](O)[C@H](O)[C@@H](C)C1CCC2C3COC(=O)[C@H]4C[C@H](O)[C@H](O)CC4(C)C3CCC21C. The Morgan fingerprint density at radius 2 is 1.56 bits per heavy atom. The molecule has 13 atom stereocenters. The number of esters is 1. The van der Waals surface area contributed by atoms with Crippen molar-refractivity contribution < 1.29 is 30.0 Å². The average Bonchev–Trinajstić information content (AvgIpc) is 3.09. The van der Waals surface area contributed by atoms with Crippen molar-refractivity contribution in [1.29, 1.82) is 0 Å². The predicted molar refractivity (Wildman–Crippen MR) is 130 cm³/mol. The zero-order valence-corrected chi connectivity index (χ0v) is 22.0. The first-order chi connectivity index (χ1) is 15.8. The summed E-state index contributed by atoms with van der Waals surface area (Å²) in [5.41, 5.74) is -0.345. The summed E-state index contributed by atoms with van der Waals surface area (Å²) in [6.07, 6.45) is 1.61. The molecule has 196 valence electrons. The highest BCUT2D eigenvalue weighted by Crippen LogP contribution is 2.66. The van der Waals surface area contributed by atoms with Crippen molar-refractivity contribution in [1.82, 2.24) is 0 Å². The number of aliphatic hydroxyl groups excluding tert-OH is 4. The molecular formula is C28H48O6. The van der Waals surface area contributed by atoms with Gasteiger partial charge in [0, 0.05) is 0 Å². The fourth-order valence-electron chi connectivity index (χ4n) is 8.95. The summed E-state index contributed by atoms with van der Waals surface area (Å²) in [5, 5.41) is 42.9. The third kappa shape index (κ3) is 4.05. The topological polar surface area (TPSA) is 107 Å². The molecule has 0 aromatic carbocycles. The number of carbonyl (C=O) groups excluding carboxylic acids is 1. The molecule has 4 aliphatic rings. The Kier molecular flexibility index (Phi) is 7.23. The van der Waals surface area contributed by atoms with Gasteiger partial charge in [-0.3, -0.25) is 4.79 Å². The molecule has 0 aromatic heterocycles. The number of rotatable bonds is 5. The van der Waals surface area contributed by atoms with Crippen molar-refractivity contribution in [2.75, 3.05) is 6.61 Å². The minimum atomic E-state index is -0.867. The second-order valence-corrected chi connectivity index (χ2v) is 13.3. The molecule has 34 heavy (non-hydrogen) atoms. The van der Waals surface area contributed by atoms with E-state index in [1.54, 1.807) is 0 Å². The summed E-state index contributed by atoms with van der Waals surface area (Å²) >= 11 is 0. The number of aliphatic hydroxyl groups is 4. The Labute approximate surface area is 205 Å². The van der Waals surface area contributed by atoms with E-state index in [9.17, 15) is 25.2 Å². The lowest BCUT2D eigenvalue weighted by Crippen LogP contribution is -2.55. The van der Waals surface area contributed by atoms with Crippen LogP contribution in [0.5, 0.6) is 0 Å². The van der Waals surface area contributed by atoms with E-state index in [0.29, 0.717) is 30.8 Å². The van der Waals surface area contributed by atoms with Crippen LogP contribution in [0.4, 0.5) is 0 Å². The van der Waals surface area contributed by atoms with E-state index >= 15 is 0 Å². The van der Waals surface area contributed by atoms with Gasteiger partial charge in [0.2, 0.25) is 0 Å². The highest BCUT2D eigenvalue weighted by atomic mass is 16.5. The molecule has 0 aromatic rings. The molecule has 1 heterocycles. The zero-order chi connectivity index (χ0) is 25.2. The van der Waals surface area contributed by atoms with Crippen molar-refractivity contribution in [2.45, 2.75) is 104 Å². The molecule has 6 heteroatoms. The van der Waals surface area contributed by atoms with Gasteiger partial charge in [-0.2, -0.15) is 0 Å². The van der Waals surface area contributed by atoms with Gasteiger partial charge in [-0.15, -0.1) is 0 Å². The summed E-state index contributed by atoms with van der Waals surface area (Å²) in [6.45, 7) is 13.2. The van der Waals surface area contributed by atoms with Crippen molar-refractivity contribution in [2.24, 2.45) is 58.2 Å². The van der Waals surface area contributed by atoms with Crippen LogP contribution >= 0.6 is 0 Å². The molecule has 0 radical (unpaired) electrons. The molecule has 1 saturated heterocycles. The van der Waals surface area contributed by atoms with Crippen molar-refractivity contribution in [3.8, 4) is 0 Å². The molecule has 6 unspecified atom stereocenters. The molecular weight excluding hydrogens is 432 g/mol. The molecule has 0 amide bonds. The first-order valence-electron chi connectivity index (χ1n) is 13.7. The van der Waals surface area contributed by atoms with Gasteiger partial charge in [-0.1, -0.05) is 41.5 Å². The second-order valence-electron chi connectivity index (χ2n) is 13.3. The lowest BCUT2D eigenvalue weighted by atomic mass is 9.48. The van der Waals surface area contributed by atoms with Crippen LogP contribution in [0.3, 0.4) is 0 Å². The van der Waals surface area contributed by atoms with Gasteiger partial charge >= 0.3 is 5.97 Å². The van der Waals surface area contributed by atoms with E-state index in [1.807, 2.05) is 6.92 Å². The monoisotopic (exact) mass is 480 g/mol. The molecule has 3 saturated carbocycles. The van der Waals surface area contributed by atoms with Crippen LogP contribution in [0.2, 0.25) is 0 Å². The maximum absolute atomic E-state index is 13.0. The van der Waals surface area contributed by atoms with Gasteiger partial charge in [0.05, 0.1) is 36.9 Å². The van der Waals surface area contributed by atoms with E-state index in [1.165, 1.54) is 0 Å². The summed E-state index contributed by atoms with van der Waals surface area (Å²) in [4.78, 5) is 13.0. The van der Waals surface area contributed by atoms with Crippen LogP contribution in [0.1, 0.15) is 80.1 Å². The van der Waals surface area contributed by atoms with E-state index in [0.717, 1.165) is 25.7 Å². The third-order valence-electron chi connectivity index (χ3n) is 11.5. The number of ether oxygens (including phenoxy) is 1. The largest absolute Gasteiger partial charge is 0.465 e. The van der Waals surface area contributed by atoms with Gasteiger partial charge in [0.1, 0.15) is 0 Å². The highest BCUT2D eigenvalue weighted by molar-refractivity contribution is 5.74. The molecule has 4 N–H and O–H groups in total. The Bertz CT molecular complexity index is 755. The number of cyclic esters (lactones) is 1. The Morgan fingerprint density at radius 1 is 0.912 bits per heavy atom. The van der Waals surface area contributed by atoms with Crippen LogP contribution in [0.25, 0.3) is 0 Å². The third-order valence-corrected chi connectivity index (χ3v) is 11.5. The average molecular weight is 481 g/mol. The van der Waals surface area contributed by atoms with Gasteiger partial charge in [-0.05, 0) is 90.8 Å². The van der Waals surface area contributed by atoms with E-state index in [4.69, 9.17) is 4.74 Å². The number of carbonyl (C=O) groups is 1. The van der Waals surface area contributed by atoms with E-state index in [2.05, 4.69) is 34.6 Å². The Balaban J connectivity index is 1.58. The van der Waals surface area contributed by atoms with Crippen LogP contribution in [-0.4, -0.2) is 57.4 Å². The van der Waals surface area contributed by atoms with Gasteiger partial charge in [0.15, 0.2) is 0 Å². The molecule has 0 spiro atoms. The van der Waals surface area contributed by atoms with E-state index < -0.39 is 24.4 Å². The van der Waals surface area contributed by atoms with Crippen LogP contribution in [-0.2, 0) is 9.53 Å². The number of hydrogen-bond donors (Lipinski definition) is 4. The molecule has 4 rings (SSSR count). The fraction of sp³-hybridized carbons (Fsp3) is 0.964. The Morgan fingerprint density at radius 3 is 2.21 bits per heavy atom. The van der Waals surface area contributed by atoms with Crippen LogP contribution in [0.15, 0.2) is 0 Å². The number of hydrogen-bond acceptors (Lipinski definition) is 6. The smallest absolute Gasteiger partial charge is 0.309 e. The minimum absolute atomic E-state index is 0.00827. The quantitative estimate of drug-likeness (QED) is 0.450. The standard InChI is InChI=1S/C28H48O6/c1-14(2)15(3)24(31)25(32)16(4)18-7-8-19-17-13-34-26(33)21-11-22(29)23(30)12-28(21,6)20(17)9-10-27(18,19)5/h14-25,29-32H,7-13H2,1-6H3/t15-,16+,17?,18?,19?,20?,21-,22+,23-,24-,25-,27?,28?/m1/s1. The van der Waals surface area contributed by atoms with Gasteiger partial charge in [0.25, 0.3) is 0 Å². The first-order valence-corrected chi connectivity index (χ1v) is 13.7. The maximum atomic E-state index is 13.0. The minimum Gasteiger partial charge on any atom is -0.465 e. The van der Waals surface area contributed by atoms with Gasteiger partial charge in [-0.25, -0.2) is 0 Å². The highest BCUT2D eigenvalue weighted by Gasteiger charge is 2.63. The summed E-state index contributed by atoms with van der Waals surface area (Å²) in [7, 11) is 0. The zero-order valence-electron chi connectivity index (χ0n) is 22.0. The molecule has 1 aliphatic heterocycles. The van der Waals surface area contributed by atoms with Gasteiger partial charge < -0.3 is 25.2 Å². The van der Waals surface area contributed by atoms with Crippen molar-refractivity contribution in [3.05, 3.63) is 0 Å². The summed E-state index contributed by atoms with van der Waals surface area (Å²) < 4.78 is 5.86. The molecule has 0 bridgehead atoms. The Hall–Kier alpha value is -0.690. The number of fused-ring (bicyclic) bond motifs is 5. The lowest BCUT2D eigenvalue weighted by Gasteiger charge is -2.56. The van der Waals surface area contributed by atoms with Crippen LogP contribution < -0.4 is 0 Å². The molecule has 3 aliphatic carbocycles. The normalized spacial score (nSPS) is 48.1. The molecule has 4 fully saturated rings. The maximum Gasteiger partial charge on any atom is 0.309 e. The fourth-order valence-corrected chi connectivity index (χ4v) is 8.95. The van der Waals surface area contributed by atoms with Crippen LogP contribution in [0, 0.1) is 58.2 Å². The summed E-state index contributed by atoms with van der Waals surface area (Å²) in [5.74, 6) is 0.948. The lowest BCUT2D eigenvalue weighted by molar-refractivity contribution is -0.162.